The van der Waals surface area contributed by atoms with Crippen LogP contribution in [-0.2, 0) is 9.47 Å². The molecule has 2 N–H and O–H groups in total. The van der Waals surface area contributed by atoms with Crippen molar-refractivity contribution in [2.45, 2.75) is 107 Å². The van der Waals surface area contributed by atoms with Crippen molar-refractivity contribution < 1.29 is 98.4 Å². The normalized spacial score (nSPS) is 14.0. The molecule has 0 aliphatic rings. The fraction of sp³-hybridized carbons (Fsp3) is 0.655. The molecule has 0 unspecified atom stereocenters. The van der Waals surface area contributed by atoms with Gasteiger partial charge in [0.25, 0.3) is 0 Å². The number of allylic oxidation sites excluding steroid dienone is 1. The Morgan fingerprint density at radius 3 is 1.47 bits per heavy atom. The lowest BCUT2D eigenvalue weighted by atomic mass is 9.91. The molecule has 0 heterocycles. The molecule has 24 heteroatoms. The van der Waals surface area contributed by atoms with Gasteiger partial charge in [0.05, 0.1) is 18.9 Å². The summed E-state index contributed by atoms with van der Waals surface area (Å²) in [6.45, 7) is 3.29. The Hall–Kier alpha value is -3.89. The number of alkyl halides is 15. The monoisotopic (exact) mass is 810 g/mol. The summed E-state index contributed by atoms with van der Waals surface area (Å²) in [4.78, 5) is 24.2. The second-order valence-corrected chi connectivity index (χ2v) is 11.0. The van der Waals surface area contributed by atoms with Crippen LogP contribution in [0.1, 0.15) is 65.2 Å². The number of rotatable bonds is 20. The van der Waals surface area contributed by atoms with Gasteiger partial charge in [-0.15, -0.1) is 0 Å². The Labute approximate surface area is 289 Å². The Kier molecular flexibility index (Phi) is 16.0. The molecule has 0 spiro atoms. The maximum Gasteiger partial charge on any atom is 0.460 e. The van der Waals surface area contributed by atoms with Crippen molar-refractivity contribution in [2.75, 3.05) is 23.8 Å². The molecule has 0 aliphatic heterocycles. The molecule has 1 rings (SSSR count). The number of hydrogen-bond acceptors (Lipinski definition) is 5. The van der Waals surface area contributed by atoms with Crippen LogP contribution in [0.5, 0.6) is 5.75 Å². The topological polar surface area (TPSA) is 85.9 Å². The predicted molar refractivity (Wildman–Crippen MR) is 150 cm³/mol. The van der Waals surface area contributed by atoms with Crippen LogP contribution >= 0.6 is 0 Å². The van der Waals surface area contributed by atoms with E-state index in [2.05, 4.69) is 4.74 Å². The van der Waals surface area contributed by atoms with E-state index in [1.54, 1.807) is 5.32 Å². The number of hydrogen-bond donors (Lipinski definition) is 2. The van der Waals surface area contributed by atoms with E-state index < -0.39 is 82.9 Å². The van der Waals surface area contributed by atoms with E-state index in [1.807, 2.05) is 19.2 Å². The zero-order valence-electron chi connectivity index (χ0n) is 27.3. The van der Waals surface area contributed by atoms with Crippen molar-refractivity contribution >= 4 is 23.6 Å². The smallest absolute Gasteiger partial charge is 0.449 e. The van der Waals surface area contributed by atoms with Crippen LogP contribution < -0.4 is 15.4 Å². The number of amides is 2. The second kappa shape index (κ2) is 18.0. The third-order valence-corrected chi connectivity index (χ3v) is 6.90. The van der Waals surface area contributed by atoms with Crippen LogP contribution in [0.3, 0.4) is 0 Å². The predicted octanol–water partition coefficient (Wildman–Crippen LogP) is 11.8. The molecule has 0 aliphatic carbocycles. The summed E-state index contributed by atoms with van der Waals surface area (Å²) in [7, 11) is 0. The lowest BCUT2D eigenvalue weighted by Crippen LogP contribution is -2.72. The molecule has 53 heavy (non-hydrogen) atoms. The lowest BCUT2D eigenvalue weighted by molar-refractivity contribution is -0.451. The minimum Gasteiger partial charge on any atom is -0.449 e. The van der Waals surface area contributed by atoms with Gasteiger partial charge in [0.2, 0.25) is 5.83 Å². The molecule has 0 saturated heterocycles. The van der Waals surface area contributed by atoms with Crippen LogP contribution in [0.2, 0.25) is 0 Å². The first-order valence-electron chi connectivity index (χ1n) is 15.2. The summed E-state index contributed by atoms with van der Waals surface area (Å²) in [6, 6.07) is -1.93. The van der Waals surface area contributed by atoms with Gasteiger partial charge in [0.15, 0.2) is 5.75 Å². The van der Waals surface area contributed by atoms with Gasteiger partial charge in [-0.05, 0) is 25.0 Å². The number of unbranched alkanes of at least 4 members (excludes halogenated alkanes) is 6. The average Bonchev–Trinajstić information content (AvgIpc) is 3.04. The van der Waals surface area contributed by atoms with Crippen LogP contribution in [0.25, 0.3) is 0 Å². The average molecular weight is 811 g/mol. The van der Waals surface area contributed by atoms with Crippen molar-refractivity contribution in [3.8, 4) is 5.75 Å². The van der Waals surface area contributed by atoms with Crippen LogP contribution in [-0.4, -0.2) is 67.1 Å². The maximum atomic E-state index is 14.6. The molecule has 0 bridgehead atoms. The summed E-state index contributed by atoms with van der Waals surface area (Å²) < 4.78 is 245. The SMILES string of the molecule is CCCCCCOC(=O)Nc1ccc(NC(=O)OCCCCCC)c(OC(F)=C(F)C(F)(F)C(F)(F)C(F)(F)C(F)(F)C(F)(F)C(F)(F)C(F)(F)F)c1. The van der Waals surface area contributed by atoms with E-state index in [0.29, 0.717) is 44.2 Å². The van der Waals surface area contributed by atoms with Crippen LogP contribution in [0, 0.1) is 0 Å². The van der Waals surface area contributed by atoms with Crippen LogP contribution in [0.4, 0.5) is 95.6 Å². The van der Waals surface area contributed by atoms with Gasteiger partial charge in [-0.1, -0.05) is 52.4 Å². The molecule has 7 nitrogen and oxygen atoms in total. The van der Waals surface area contributed by atoms with E-state index in [-0.39, 0.29) is 13.2 Å². The van der Waals surface area contributed by atoms with Crippen LogP contribution in [0.15, 0.2) is 30.0 Å². The zero-order chi connectivity index (χ0) is 41.3. The quantitative estimate of drug-likeness (QED) is 0.0778. The Balaban J connectivity index is 3.58. The highest BCUT2D eigenvalue weighted by Gasteiger charge is 2.94. The third-order valence-electron chi connectivity index (χ3n) is 6.90. The Bertz CT molecular complexity index is 1420. The van der Waals surface area contributed by atoms with E-state index >= 15 is 0 Å². The summed E-state index contributed by atoms with van der Waals surface area (Å²) >= 11 is 0. The highest BCUT2D eigenvalue weighted by molar-refractivity contribution is 5.89. The highest BCUT2D eigenvalue weighted by atomic mass is 19.4. The first kappa shape index (κ1) is 47.1. The number of carbonyl (C=O) groups is 2. The molecular formula is C29H31F17N2O5. The van der Waals surface area contributed by atoms with E-state index in [1.165, 1.54) is 0 Å². The highest BCUT2D eigenvalue weighted by Crippen LogP contribution is 2.63. The van der Waals surface area contributed by atoms with Gasteiger partial charge in [0, 0.05) is 11.8 Å². The van der Waals surface area contributed by atoms with Crippen molar-refractivity contribution in [3.63, 3.8) is 0 Å². The Morgan fingerprint density at radius 2 is 1.02 bits per heavy atom. The lowest BCUT2D eigenvalue weighted by Gasteiger charge is -2.41. The largest absolute Gasteiger partial charge is 0.460 e. The van der Waals surface area contributed by atoms with Gasteiger partial charge >= 0.3 is 59.9 Å². The third kappa shape index (κ3) is 10.4. The summed E-state index contributed by atoms with van der Waals surface area (Å²) in [5.41, 5.74) is -1.52. The molecule has 1 aromatic rings. The molecule has 0 fully saturated rings. The van der Waals surface area contributed by atoms with Gasteiger partial charge in [0.1, 0.15) is 0 Å². The molecule has 306 valence electrons. The van der Waals surface area contributed by atoms with Gasteiger partial charge in [-0.25, -0.2) is 9.59 Å². The molecule has 0 saturated carbocycles. The molecule has 2 amide bonds. The van der Waals surface area contributed by atoms with E-state index in [0.717, 1.165) is 25.3 Å². The number of halogens is 17. The van der Waals surface area contributed by atoms with E-state index in [4.69, 9.17) is 9.47 Å². The standard InChI is InChI=1S/C29H31F17N2O5/c1-3-5-7-9-13-51-21(49)47-16-11-12-17(48-22(50)52-14-10-8-6-4-2)18(15-16)53-20(31)19(30)23(32,33)24(34,35)25(36,37)26(38,39)27(40,41)28(42,43)29(44,45)46/h11-12,15H,3-10,13-14H2,1-2H3,(H,47,49)(H,48,50). The number of anilines is 2. The molecule has 0 aromatic heterocycles. The summed E-state index contributed by atoms with van der Waals surface area (Å²) in [5, 5.41) is 3.75. The number of ether oxygens (including phenoxy) is 3. The zero-order valence-corrected chi connectivity index (χ0v) is 27.3. The number of nitrogens with one attached hydrogen (secondary N) is 2. The first-order chi connectivity index (χ1) is 24.1. The van der Waals surface area contributed by atoms with Crippen molar-refractivity contribution in [3.05, 3.63) is 30.0 Å². The molecule has 0 atom stereocenters. The minimum atomic E-state index is -8.75. The van der Waals surface area contributed by atoms with Gasteiger partial charge < -0.3 is 14.2 Å². The van der Waals surface area contributed by atoms with Gasteiger partial charge in [-0.2, -0.15) is 74.6 Å². The van der Waals surface area contributed by atoms with Crippen molar-refractivity contribution in [2.24, 2.45) is 0 Å². The second-order valence-electron chi connectivity index (χ2n) is 11.0. The molecule has 1 aromatic carbocycles. The van der Waals surface area contributed by atoms with Crippen molar-refractivity contribution in [1.29, 1.82) is 0 Å². The van der Waals surface area contributed by atoms with Crippen molar-refractivity contribution in [1.82, 2.24) is 0 Å². The number of carbonyl (C=O) groups excluding carboxylic acids is 2. The maximum absolute atomic E-state index is 14.6. The molecular weight excluding hydrogens is 779 g/mol. The fourth-order valence-electron chi connectivity index (χ4n) is 3.84. The first-order valence-corrected chi connectivity index (χ1v) is 15.2. The minimum absolute atomic E-state index is 0.158. The summed E-state index contributed by atoms with van der Waals surface area (Å²) in [6.07, 6.45) is -5.61. The summed E-state index contributed by atoms with van der Waals surface area (Å²) in [5.74, 6) is -56.6. The van der Waals surface area contributed by atoms with Gasteiger partial charge in [-0.3, -0.25) is 10.6 Å². The number of benzene rings is 1. The van der Waals surface area contributed by atoms with E-state index in [9.17, 15) is 84.2 Å². The molecule has 0 radical (unpaired) electrons. The Morgan fingerprint density at radius 1 is 0.585 bits per heavy atom. The fourth-order valence-corrected chi connectivity index (χ4v) is 3.84.